The number of primary amides is 1. The number of rotatable bonds is 2. The lowest BCUT2D eigenvalue weighted by atomic mass is 9.98. The van der Waals surface area contributed by atoms with E-state index in [0.717, 1.165) is 0 Å². The lowest BCUT2D eigenvalue weighted by Gasteiger charge is -2.12. The zero-order chi connectivity index (χ0) is 13.3. The van der Waals surface area contributed by atoms with Gasteiger partial charge in [-0.2, -0.15) is 13.2 Å². The molecule has 7 heteroatoms. The molecule has 0 saturated heterocycles. The molecule has 0 radical (unpaired) electrons. The fourth-order valence-electron chi connectivity index (χ4n) is 1.71. The zero-order valence-corrected chi connectivity index (χ0v) is 9.07. The Balaban J connectivity index is 2.24. The van der Waals surface area contributed by atoms with Crippen LogP contribution in [-0.4, -0.2) is 17.8 Å². The quantitative estimate of drug-likeness (QED) is 0.883. The minimum atomic E-state index is -4.52. The summed E-state index contributed by atoms with van der Waals surface area (Å²) in [6.45, 7) is 0. The van der Waals surface area contributed by atoms with Crippen molar-refractivity contribution in [2.45, 2.75) is 18.7 Å². The average molecular weight is 258 g/mol. The fraction of sp³-hybridized carbons (Fsp3) is 0.273. The van der Waals surface area contributed by atoms with E-state index in [-0.39, 0.29) is 5.56 Å². The van der Waals surface area contributed by atoms with Crippen molar-refractivity contribution < 1.29 is 22.8 Å². The standard InChI is InChI=1S/C11H9F3N2O2/c12-11(13,14)9-5-8(18-16-9)6-3-1-2-4-7(6)10(15)17/h1-4,8H,5H2,(H2,15,17)/t8-/m0/s1. The maximum absolute atomic E-state index is 12.4. The smallest absolute Gasteiger partial charge is 0.387 e. The summed E-state index contributed by atoms with van der Waals surface area (Å²) in [5.41, 5.74) is 4.61. The van der Waals surface area contributed by atoms with Gasteiger partial charge in [-0.25, -0.2) is 0 Å². The summed E-state index contributed by atoms with van der Waals surface area (Å²) < 4.78 is 37.2. The minimum absolute atomic E-state index is 0.140. The number of nitrogens with zero attached hydrogens (tertiary/aromatic N) is 1. The number of alkyl halides is 3. The van der Waals surface area contributed by atoms with Crippen LogP contribution in [0.5, 0.6) is 0 Å². The molecule has 1 aliphatic rings. The molecule has 2 rings (SSSR count). The molecule has 96 valence electrons. The number of carbonyl (C=O) groups excluding carboxylic acids is 1. The highest BCUT2D eigenvalue weighted by Crippen LogP contribution is 2.34. The van der Waals surface area contributed by atoms with Gasteiger partial charge in [0.2, 0.25) is 5.91 Å². The van der Waals surface area contributed by atoms with Gasteiger partial charge in [0.1, 0.15) is 0 Å². The second-order valence-corrected chi connectivity index (χ2v) is 3.79. The van der Waals surface area contributed by atoms with Gasteiger partial charge in [0.25, 0.3) is 0 Å². The third kappa shape index (κ3) is 2.29. The van der Waals surface area contributed by atoms with E-state index in [1.807, 2.05) is 0 Å². The summed E-state index contributed by atoms with van der Waals surface area (Å²) in [6, 6.07) is 6.10. The number of benzene rings is 1. The van der Waals surface area contributed by atoms with Gasteiger partial charge in [0.15, 0.2) is 11.8 Å². The van der Waals surface area contributed by atoms with Crippen molar-refractivity contribution in [3.8, 4) is 0 Å². The number of carbonyl (C=O) groups is 1. The third-order valence-electron chi connectivity index (χ3n) is 2.57. The molecule has 4 nitrogen and oxygen atoms in total. The number of halogens is 3. The van der Waals surface area contributed by atoms with E-state index >= 15 is 0 Å². The molecular formula is C11H9F3N2O2. The lowest BCUT2D eigenvalue weighted by Crippen LogP contribution is -2.22. The van der Waals surface area contributed by atoms with Crippen molar-refractivity contribution in [3.63, 3.8) is 0 Å². The largest absolute Gasteiger partial charge is 0.432 e. The Hall–Kier alpha value is -2.05. The normalized spacial score (nSPS) is 19.3. The summed E-state index contributed by atoms with van der Waals surface area (Å²) in [7, 11) is 0. The molecule has 1 aromatic rings. The molecule has 1 aromatic carbocycles. The maximum atomic E-state index is 12.4. The molecule has 1 aliphatic heterocycles. The van der Waals surface area contributed by atoms with Crippen molar-refractivity contribution in [2.24, 2.45) is 10.9 Å². The molecule has 1 atom stereocenters. The molecule has 0 spiro atoms. The summed E-state index contributed by atoms with van der Waals surface area (Å²) in [6.07, 6.45) is -5.87. The average Bonchev–Trinajstić information content (AvgIpc) is 2.77. The Morgan fingerprint density at radius 1 is 1.39 bits per heavy atom. The van der Waals surface area contributed by atoms with Gasteiger partial charge in [0.05, 0.1) is 0 Å². The van der Waals surface area contributed by atoms with E-state index < -0.39 is 30.3 Å². The van der Waals surface area contributed by atoms with Crippen molar-refractivity contribution >= 4 is 11.6 Å². The fourth-order valence-corrected chi connectivity index (χ4v) is 1.71. The zero-order valence-electron chi connectivity index (χ0n) is 9.07. The molecule has 1 amide bonds. The van der Waals surface area contributed by atoms with Crippen molar-refractivity contribution in [1.82, 2.24) is 0 Å². The topological polar surface area (TPSA) is 64.7 Å². The lowest BCUT2D eigenvalue weighted by molar-refractivity contribution is -0.0604. The Morgan fingerprint density at radius 2 is 2.06 bits per heavy atom. The highest BCUT2D eigenvalue weighted by Gasteiger charge is 2.42. The molecule has 0 unspecified atom stereocenters. The van der Waals surface area contributed by atoms with Crippen molar-refractivity contribution in [2.75, 3.05) is 0 Å². The van der Waals surface area contributed by atoms with Gasteiger partial charge in [-0.15, -0.1) is 0 Å². The third-order valence-corrected chi connectivity index (χ3v) is 2.57. The highest BCUT2D eigenvalue weighted by atomic mass is 19.4. The first-order valence-corrected chi connectivity index (χ1v) is 5.08. The highest BCUT2D eigenvalue weighted by molar-refractivity contribution is 5.95. The van der Waals surface area contributed by atoms with Crippen LogP contribution >= 0.6 is 0 Å². The van der Waals surface area contributed by atoms with E-state index in [0.29, 0.717) is 5.56 Å². The van der Waals surface area contributed by atoms with Crippen LogP contribution in [-0.2, 0) is 4.84 Å². The van der Waals surface area contributed by atoms with Gasteiger partial charge in [-0.3, -0.25) is 4.79 Å². The molecule has 1 heterocycles. The predicted octanol–water partition coefficient (Wildman–Crippen LogP) is 2.17. The van der Waals surface area contributed by atoms with Crippen molar-refractivity contribution in [3.05, 3.63) is 35.4 Å². The van der Waals surface area contributed by atoms with Crippen LogP contribution in [0.2, 0.25) is 0 Å². The Labute approximate surface area is 100 Å². The van der Waals surface area contributed by atoms with Crippen molar-refractivity contribution in [1.29, 1.82) is 0 Å². The van der Waals surface area contributed by atoms with Gasteiger partial charge < -0.3 is 10.6 Å². The van der Waals surface area contributed by atoms with Crippen LogP contribution in [0.1, 0.15) is 28.4 Å². The summed E-state index contributed by atoms with van der Waals surface area (Å²) in [5, 5.41) is 3.00. The summed E-state index contributed by atoms with van der Waals surface area (Å²) >= 11 is 0. The van der Waals surface area contributed by atoms with Gasteiger partial charge >= 0.3 is 6.18 Å². The second-order valence-electron chi connectivity index (χ2n) is 3.79. The number of hydrogen-bond acceptors (Lipinski definition) is 3. The Kier molecular flexibility index (Phi) is 2.98. The molecule has 0 saturated carbocycles. The van der Waals surface area contributed by atoms with Crippen LogP contribution in [0, 0.1) is 0 Å². The Morgan fingerprint density at radius 3 is 2.61 bits per heavy atom. The Bertz CT molecular complexity index is 511. The number of hydrogen-bond donors (Lipinski definition) is 1. The molecular weight excluding hydrogens is 249 g/mol. The molecule has 0 fully saturated rings. The van der Waals surface area contributed by atoms with Gasteiger partial charge in [-0.1, -0.05) is 23.4 Å². The van der Waals surface area contributed by atoms with Crippen LogP contribution in [0.15, 0.2) is 29.4 Å². The van der Waals surface area contributed by atoms with E-state index in [2.05, 4.69) is 5.16 Å². The van der Waals surface area contributed by atoms with Crippen LogP contribution in [0.25, 0.3) is 0 Å². The summed E-state index contributed by atoms with van der Waals surface area (Å²) in [4.78, 5) is 15.9. The molecule has 0 aromatic heterocycles. The predicted molar refractivity (Wildman–Crippen MR) is 56.9 cm³/mol. The number of amides is 1. The molecule has 0 bridgehead atoms. The van der Waals surface area contributed by atoms with Gasteiger partial charge in [0, 0.05) is 17.5 Å². The monoisotopic (exact) mass is 258 g/mol. The molecule has 18 heavy (non-hydrogen) atoms. The number of oxime groups is 1. The summed E-state index contributed by atoms with van der Waals surface area (Å²) in [5.74, 6) is -0.713. The maximum Gasteiger partial charge on any atom is 0.432 e. The van der Waals surface area contributed by atoms with Crippen LogP contribution in [0.4, 0.5) is 13.2 Å². The van der Waals surface area contributed by atoms with E-state index in [9.17, 15) is 18.0 Å². The molecule has 2 N–H and O–H groups in total. The van der Waals surface area contributed by atoms with E-state index in [4.69, 9.17) is 10.6 Å². The minimum Gasteiger partial charge on any atom is -0.387 e. The first-order valence-electron chi connectivity index (χ1n) is 5.08. The van der Waals surface area contributed by atoms with E-state index in [1.165, 1.54) is 12.1 Å². The first-order chi connectivity index (χ1) is 8.39. The SMILES string of the molecule is NC(=O)c1ccccc1[C@@H]1CC(C(F)(F)F)=NO1. The van der Waals surface area contributed by atoms with E-state index in [1.54, 1.807) is 12.1 Å². The first kappa shape index (κ1) is 12.4. The number of nitrogens with two attached hydrogens (primary N) is 1. The second kappa shape index (κ2) is 4.32. The molecule has 0 aliphatic carbocycles. The van der Waals surface area contributed by atoms with Crippen LogP contribution in [0.3, 0.4) is 0 Å². The van der Waals surface area contributed by atoms with Crippen LogP contribution < -0.4 is 5.73 Å². The van der Waals surface area contributed by atoms with Gasteiger partial charge in [-0.05, 0) is 6.07 Å².